The van der Waals surface area contributed by atoms with Gasteiger partial charge >= 0.3 is 5.97 Å². The maximum Gasteiger partial charge on any atom is 0.366 e. The van der Waals surface area contributed by atoms with Crippen LogP contribution in [0.3, 0.4) is 0 Å². The van der Waals surface area contributed by atoms with Gasteiger partial charge in [-0.2, -0.15) is 0 Å². The summed E-state index contributed by atoms with van der Waals surface area (Å²) in [5, 5.41) is 8.17. The summed E-state index contributed by atoms with van der Waals surface area (Å²) in [6.45, 7) is 5.59. The summed E-state index contributed by atoms with van der Waals surface area (Å²) in [4.78, 5) is 10.0. The second kappa shape index (κ2) is 5.09. The second-order valence-electron chi connectivity index (χ2n) is 3.23. The lowest BCUT2D eigenvalue weighted by molar-refractivity contribution is -0.169. The van der Waals surface area contributed by atoms with Gasteiger partial charge in [0.1, 0.15) is 0 Å². The van der Waals surface area contributed by atoms with Gasteiger partial charge in [-0.1, -0.05) is 13.8 Å². The van der Waals surface area contributed by atoms with Crippen molar-refractivity contribution in [2.24, 2.45) is 5.92 Å². The molecule has 0 spiro atoms. The van der Waals surface area contributed by atoms with Crippen LogP contribution in [-0.4, -0.2) is 23.5 Å². The number of aliphatic carboxylic acids is 1. The Morgan fingerprint density at radius 2 is 2.00 bits per heavy atom. The fourth-order valence-corrected chi connectivity index (χ4v) is 0.982. The quantitative estimate of drug-likeness (QED) is 0.698. The largest absolute Gasteiger partial charge is 0.477 e. The SMILES string of the molecule is CC(C)CC(C)OC(F)C(=O)O. The minimum atomic E-state index is -2.20. The van der Waals surface area contributed by atoms with Crippen LogP contribution in [-0.2, 0) is 9.53 Å². The molecule has 0 bridgehead atoms. The molecule has 2 atom stereocenters. The lowest BCUT2D eigenvalue weighted by atomic mass is 10.1. The van der Waals surface area contributed by atoms with E-state index in [1.165, 1.54) is 0 Å². The van der Waals surface area contributed by atoms with Crippen LogP contribution in [0.1, 0.15) is 27.2 Å². The predicted octanol–water partition coefficient (Wildman–Crippen LogP) is 1.82. The number of halogens is 1. The maximum absolute atomic E-state index is 12.4. The van der Waals surface area contributed by atoms with Crippen molar-refractivity contribution in [2.75, 3.05) is 0 Å². The number of hydrogen-bond donors (Lipinski definition) is 1. The molecule has 0 aromatic heterocycles. The average molecular weight is 178 g/mol. The Bertz CT molecular complexity index is 147. The van der Waals surface area contributed by atoms with Crippen molar-refractivity contribution in [3.63, 3.8) is 0 Å². The van der Waals surface area contributed by atoms with Crippen molar-refractivity contribution < 1.29 is 19.0 Å². The third kappa shape index (κ3) is 5.07. The molecule has 4 heteroatoms. The first-order valence-corrected chi connectivity index (χ1v) is 3.95. The molecule has 72 valence electrons. The minimum Gasteiger partial charge on any atom is -0.477 e. The van der Waals surface area contributed by atoms with Crippen molar-refractivity contribution in [1.82, 2.24) is 0 Å². The van der Waals surface area contributed by atoms with Crippen molar-refractivity contribution in [3.05, 3.63) is 0 Å². The van der Waals surface area contributed by atoms with Crippen LogP contribution in [0.4, 0.5) is 4.39 Å². The highest BCUT2D eigenvalue weighted by molar-refractivity contribution is 5.70. The van der Waals surface area contributed by atoms with Gasteiger partial charge in [0, 0.05) is 0 Å². The van der Waals surface area contributed by atoms with Crippen LogP contribution in [0.5, 0.6) is 0 Å². The number of alkyl halides is 1. The monoisotopic (exact) mass is 178 g/mol. The standard InChI is InChI=1S/C8H15FO3/c1-5(2)4-6(3)12-7(9)8(10)11/h5-7H,4H2,1-3H3,(H,10,11). The lowest BCUT2D eigenvalue weighted by Crippen LogP contribution is -2.24. The van der Waals surface area contributed by atoms with Crippen molar-refractivity contribution >= 4 is 5.97 Å². The summed E-state index contributed by atoms with van der Waals surface area (Å²) in [6, 6.07) is 0. The fourth-order valence-electron chi connectivity index (χ4n) is 0.982. The molecule has 0 rings (SSSR count). The van der Waals surface area contributed by atoms with E-state index < -0.39 is 12.3 Å². The Morgan fingerprint density at radius 3 is 2.33 bits per heavy atom. The number of carbonyl (C=O) groups is 1. The van der Waals surface area contributed by atoms with E-state index in [1.807, 2.05) is 13.8 Å². The predicted molar refractivity (Wildman–Crippen MR) is 42.5 cm³/mol. The molecule has 0 aromatic rings. The van der Waals surface area contributed by atoms with Gasteiger partial charge < -0.3 is 9.84 Å². The van der Waals surface area contributed by atoms with Crippen LogP contribution in [0.2, 0.25) is 0 Å². The lowest BCUT2D eigenvalue weighted by Gasteiger charge is -2.15. The van der Waals surface area contributed by atoms with E-state index in [-0.39, 0.29) is 6.10 Å². The average Bonchev–Trinajstić information content (AvgIpc) is 1.84. The maximum atomic E-state index is 12.4. The molecule has 12 heavy (non-hydrogen) atoms. The van der Waals surface area contributed by atoms with Crippen LogP contribution in [0.25, 0.3) is 0 Å². The van der Waals surface area contributed by atoms with Crippen LogP contribution in [0.15, 0.2) is 0 Å². The highest BCUT2D eigenvalue weighted by atomic mass is 19.1. The molecule has 0 aliphatic carbocycles. The van der Waals surface area contributed by atoms with E-state index >= 15 is 0 Å². The topological polar surface area (TPSA) is 46.5 Å². The zero-order chi connectivity index (χ0) is 9.72. The summed E-state index contributed by atoms with van der Waals surface area (Å²) < 4.78 is 17.0. The number of rotatable bonds is 5. The fraction of sp³-hybridized carbons (Fsp3) is 0.875. The van der Waals surface area contributed by atoms with Gasteiger partial charge in [0.15, 0.2) is 0 Å². The zero-order valence-corrected chi connectivity index (χ0v) is 7.58. The van der Waals surface area contributed by atoms with Crippen LogP contribution in [0, 0.1) is 5.92 Å². The summed E-state index contributed by atoms with van der Waals surface area (Å²) >= 11 is 0. The second-order valence-corrected chi connectivity index (χ2v) is 3.23. The van der Waals surface area contributed by atoms with Gasteiger partial charge in [-0.3, -0.25) is 0 Å². The molecular formula is C8H15FO3. The van der Waals surface area contributed by atoms with Crippen LogP contribution < -0.4 is 0 Å². The molecule has 0 aromatic carbocycles. The van der Waals surface area contributed by atoms with Crippen molar-refractivity contribution in [1.29, 1.82) is 0 Å². The van der Waals surface area contributed by atoms with E-state index in [2.05, 4.69) is 4.74 Å². The molecule has 2 unspecified atom stereocenters. The van der Waals surface area contributed by atoms with Gasteiger partial charge in [-0.15, -0.1) is 0 Å². The Labute approximate surface area is 71.5 Å². The summed E-state index contributed by atoms with van der Waals surface area (Å²) in [5.41, 5.74) is 0. The Balaban J connectivity index is 3.68. The van der Waals surface area contributed by atoms with Crippen LogP contribution >= 0.6 is 0 Å². The molecule has 0 aliphatic rings. The molecule has 1 N–H and O–H groups in total. The number of ether oxygens (including phenoxy) is 1. The van der Waals surface area contributed by atoms with Gasteiger partial charge in [-0.05, 0) is 19.3 Å². The molecule has 0 fully saturated rings. The summed E-state index contributed by atoms with van der Waals surface area (Å²) in [5.74, 6) is -1.19. The van der Waals surface area contributed by atoms with Gasteiger partial charge in [-0.25, -0.2) is 9.18 Å². The molecule has 0 aliphatic heterocycles. The Hall–Kier alpha value is -0.640. The molecule has 0 radical (unpaired) electrons. The van der Waals surface area contributed by atoms with E-state index in [0.717, 1.165) is 0 Å². The third-order valence-corrected chi connectivity index (χ3v) is 1.35. The minimum absolute atomic E-state index is 0.351. The molecule has 0 saturated heterocycles. The number of hydrogen-bond acceptors (Lipinski definition) is 2. The first-order valence-electron chi connectivity index (χ1n) is 3.95. The molecule has 0 heterocycles. The van der Waals surface area contributed by atoms with E-state index in [0.29, 0.717) is 12.3 Å². The number of carboxylic acid groups (broad SMARTS) is 1. The first-order chi connectivity index (χ1) is 5.43. The van der Waals surface area contributed by atoms with Crippen molar-refractivity contribution in [2.45, 2.75) is 39.7 Å². The summed E-state index contributed by atoms with van der Waals surface area (Å²) in [6.07, 6.45) is -1.89. The normalized spacial score (nSPS) is 16.1. The smallest absolute Gasteiger partial charge is 0.366 e. The van der Waals surface area contributed by atoms with E-state index in [9.17, 15) is 9.18 Å². The highest BCUT2D eigenvalue weighted by Gasteiger charge is 2.19. The third-order valence-electron chi connectivity index (χ3n) is 1.35. The Morgan fingerprint density at radius 1 is 1.50 bits per heavy atom. The number of carboxylic acids is 1. The van der Waals surface area contributed by atoms with E-state index in [4.69, 9.17) is 5.11 Å². The first kappa shape index (κ1) is 11.4. The summed E-state index contributed by atoms with van der Waals surface area (Å²) in [7, 11) is 0. The van der Waals surface area contributed by atoms with Gasteiger partial charge in [0.2, 0.25) is 0 Å². The zero-order valence-electron chi connectivity index (χ0n) is 7.58. The Kier molecular flexibility index (Phi) is 4.81. The molecular weight excluding hydrogens is 163 g/mol. The van der Waals surface area contributed by atoms with Crippen molar-refractivity contribution in [3.8, 4) is 0 Å². The highest BCUT2D eigenvalue weighted by Crippen LogP contribution is 2.10. The molecule has 3 nitrogen and oxygen atoms in total. The molecule has 0 amide bonds. The molecule has 0 saturated carbocycles. The van der Waals surface area contributed by atoms with Gasteiger partial charge in [0.25, 0.3) is 6.36 Å². The van der Waals surface area contributed by atoms with E-state index in [1.54, 1.807) is 6.92 Å². The van der Waals surface area contributed by atoms with Gasteiger partial charge in [0.05, 0.1) is 6.10 Å².